The Labute approximate surface area is 142 Å². The largest absolute Gasteiger partial charge is 0.380 e. The minimum Gasteiger partial charge on any atom is -0.380 e. The number of carbonyl (C=O) groups is 1. The minimum absolute atomic E-state index is 0.129. The number of nitrogens with zero attached hydrogens (tertiary/aromatic N) is 1. The van der Waals surface area contributed by atoms with Crippen LogP contribution in [0.4, 0.5) is 5.69 Å². The van der Waals surface area contributed by atoms with Crippen molar-refractivity contribution < 1.29 is 9.53 Å². The SMILES string of the molecule is COCc1cccc(NC(=O)c2sc(-c3ccsc3)nc2C)c1. The van der Waals surface area contributed by atoms with E-state index in [-0.39, 0.29) is 5.91 Å². The average Bonchev–Trinajstić information content (AvgIpc) is 3.17. The Balaban J connectivity index is 1.80. The molecule has 0 atom stereocenters. The third-order valence-electron chi connectivity index (χ3n) is 3.27. The first kappa shape index (κ1) is 15.9. The van der Waals surface area contributed by atoms with Gasteiger partial charge in [0.2, 0.25) is 0 Å². The number of nitrogens with one attached hydrogen (secondary N) is 1. The van der Waals surface area contributed by atoms with E-state index in [9.17, 15) is 4.79 Å². The monoisotopic (exact) mass is 344 g/mol. The number of amides is 1. The molecule has 23 heavy (non-hydrogen) atoms. The van der Waals surface area contributed by atoms with E-state index in [1.165, 1.54) is 11.3 Å². The van der Waals surface area contributed by atoms with Crippen LogP contribution in [-0.2, 0) is 11.3 Å². The molecule has 6 heteroatoms. The van der Waals surface area contributed by atoms with Crippen LogP contribution in [0.15, 0.2) is 41.1 Å². The van der Waals surface area contributed by atoms with E-state index in [1.54, 1.807) is 18.4 Å². The van der Waals surface area contributed by atoms with E-state index in [2.05, 4.69) is 10.3 Å². The lowest BCUT2D eigenvalue weighted by Gasteiger charge is -2.06. The van der Waals surface area contributed by atoms with Crippen molar-refractivity contribution in [1.82, 2.24) is 4.98 Å². The van der Waals surface area contributed by atoms with Gasteiger partial charge >= 0.3 is 0 Å². The maximum Gasteiger partial charge on any atom is 0.267 e. The predicted octanol–water partition coefficient (Wildman–Crippen LogP) is 4.58. The number of rotatable bonds is 5. The molecule has 118 valence electrons. The third kappa shape index (κ3) is 3.67. The van der Waals surface area contributed by atoms with E-state index >= 15 is 0 Å². The molecule has 0 spiro atoms. The van der Waals surface area contributed by atoms with Crippen molar-refractivity contribution >= 4 is 34.3 Å². The zero-order valence-corrected chi connectivity index (χ0v) is 14.5. The number of thiazole rings is 1. The summed E-state index contributed by atoms with van der Waals surface area (Å²) >= 11 is 3.04. The van der Waals surface area contributed by atoms with Gasteiger partial charge in [-0.05, 0) is 36.1 Å². The molecular formula is C17H16N2O2S2. The Morgan fingerprint density at radius 3 is 2.96 bits per heavy atom. The topological polar surface area (TPSA) is 51.2 Å². The Kier molecular flexibility index (Phi) is 4.85. The number of carbonyl (C=O) groups excluding carboxylic acids is 1. The second-order valence-corrected chi connectivity index (χ2v) is 6.81. The van der Waals surface area contributed by atoms with Crippen LogP contribution >= 0.6 is 22.7 Å². The number of benzene rings is 1. The van der Waals surface area contributed by atoms with E-state index in [0.29, 0.717) is 11.5 Å². The molecule has 0 radical (unpaired) electrons. The maximum absolute atomic E-state index is 12.5. The van der Waals surface area contributed by atoms with Gasteiger partial charge in [0.1, 0.15) is 9.88 Å². The van der Waals surface area contributed by atoms with E-state index in [0.717, 1.165) is 27.5 Å². The van der Waals surface area contributed by atoms with Crippen molar-refractivity contribution in [2.75, 3.05) is 12.4 Å². The lowest BCUT2D eigenvalue weighted by atomic mass is 10.2. The number of thiophene rings is 1. The number of ether oxygens (including phenoxy) is 1. The van der Waals surface area contributed by atoms with Crippen LogP contribution in [0.5, 0.6) is 0 Å². The van der Waals surface area contributed by atoms with Crippen molar-refractivity contribution in [2.45, 2.75) is 13.5 Å². The van der Waals surface area contributed by atoms with E-state index in [4.69, 9.17) is 4.74 Å². The number of anilines is 1. The summed E-state index contributed by atoms with van der Waals surface area (Å²) in [6.45, 7) is 2.38. The molecule has 0 unspecified atom stereocenters. The zero-order chi connectivity index (χ0) is 16.2. The number of hydrogen-bond donors (Lipinski definition) is 1. The maximum atomic E-state index is 12.5. The number of aromatic nitrogens is 1. The van der Waals surface area contributed by atoms with Gasteiger partial charge in [-0.3, -0.25) is 4.79 Å². The van der Waals surface area contributed by atoms with Crippen molar-refractivity contribution in [3.63, 3.8) is 0 Å². The molecule has 0 saturated heterocycles. The first-order chi connectivity index (χ1) is 11.2. The first-order valence-electron chi connectivity index (χ1n) is 7.06. The first-order valence-corrected chi connectivity index (χ1v) is 8.82. The van der Waals surface area contributed by atoms with Gasteiger partial charge in [-0.15, -0.1) is 11.3 Å². The highest BCUT2D eigenvalue weighted by atomic mass is 32.1. The summed E-state index contributed by atoms with van der Waals surface area (Å²) in [5.41, 5.74) is 3.59. The summed E-state index contributed by atoms with van der Waals surface area (Å²) in [5.74, 6) is -0.129. The third-order valence-corrected chi connectivity index (χ3v) is 5.16. The lowest BCUT2D eigenvalue weighted by Crippen LogP contribution is -2.11. The fourth-order valence-corrected chi connectivity index (χ4v) is 3.88. The van der Waals surface area contributed by atoms with Gasteiger partial charge in [0.05, 0.1) is 12.3 Å². The Morgan fingerprint density at radius 1 is 1.35 bits per heavy atom. The Bertz CT molecular complexity index is 810. The highest BCUT2D eigenvalue weighted by molar-refractivity contribution is 7.17. The standard InChI is InChI=1S/C17H16N2O2S2/c1-11-15(23-17(18-11)13-6-7-22-10-13)16(20)19-14-5-3-4-12(8-14)9-21-2/h3-8,10H,9H2,1-2H3,(H,19,20). The molecular weight excluding hydrogens is 328 g/mol. The molecule has 4 nitrogen and oxygen atoms in total. The Morgan fingerprint density at radius 2 is 2.22 bits per heavy atom. The van der Waals surface area contributed by atoms with Gasteiger partial charge in [0.15, 0.2) is 0 Å². The van der Waals surface area contributed by atoms with Gasteiger partial charge in [0, 0.05) is 23.7 Å². The van der Waals surface area contributed by atoms with Crippen LogP contribution in [0.25, 0.3) is 10.6 Å². The quantitative estimate of drug-likeness (QED) is 0.737. The number of aryl methyl sites for hydroxylation is 1. The van der Waals surface area contributed by atoms with Gasteiger partial charge in [-0.2, -0.15) is 11.3 Å². The summed E-state index contributed by atoms with van der Waals surface area (Å²) in [6, 6.07) is 9.66. The molecule has 2 heterocycles. The van der Waals surface area contributed by atoms with Crippen LogP contribution in [0.1, 0.15) is 20.9 Å². The second kappa shape index (κ2) is 7.04. The molecule has 0 aliphatic rings. The van der Waals surface area contributed by atoms with Gasteiger partial charge in [-0.25, -0.2) is 4.98 Å². The van der Waals surface area contributed by atoms with Crippen molar-refractivity contribution in [3.05, 3.63) is 57.2 Å². The van der Waals surface area contributed by atoms with Crippen LogP contribution < -0.4 is 5.32 Å². The number of hydrogen-bond acceptors (Lipinski definition) is 5. The van der Waals surface area contributed by atoms with Crippen LogP contribution in [0.3, 0.4) is 0 Å². The van der Waals surface area contributed by atoms with Crippen molar-refractivity contribution in [3.8, 4) is 10.6 Å². The number of methoxy groups -OCH3 is 1. The zero-order valence-electron chi connectivity index (χ0n) is 12.8. The summed E-state index contributed by atoms with van der Waals surface area (Å²) in [4.78, 5) is 17.7. The molecule has 0 saturated carbocycles. The molecule has 1 aromatic carbocycles. The van der Waals surface area contributed by atoms with Gasteiger partial charge in [-0.1, -0.05) is 12.1 Å². The molecule has 0 bridgehead atoms. The normalized spacial score (nSPS) is 10.7. The van der Waals surface area contributed by atoms with Gasteiger partial charge in [0.25, 0.3) is 5.91 Å². The fraction of sp³-hybridized carbons (Fsp3) is 0.176. The molecule has 0 fully saturated rings. The molecule has 3 rings (SSSR count). The highest BCUT2D eigenvalue weighted by Gasteiger charge is 2.16. The predicted molar refractivity (Wildman–Crippen MR) is 95.3 cm³/mol. The lowest BCUT2D eigenvalue weighted by molar-refractivity contribution is 0.103. The molecule has 1 N–H and O–H groups in total. The van der Waals surface area contributed by atoms with Crippen LogP contribution in [0.2, 0.25) is 0 Å². The van der Waals surface area contributed by atoms with Crippen LogP contribution in [0, 0.1) is 6.92 Å². The fourth-order valence-electron chi connectivity index (χ4n) is 2.21. The molecule has 2 aromatic heterocycles. The highest BCUT2D eigenvalue weighted by Crippen LogP contribution is 2.29. The summed E-state index contributed by atoms with van der Waals surface area (Å²) in [5, 5.41) is 7.85. The molecule has 3 aromatic rings. The van der Waals surface area contributed by atoms with E-state index < -0.39 is 0 Å². The minimum atomic E-state index is -0.129. The summed E-state index contributed by atoms with van der Waals surface area (Å²) in [6.07, 6.45) is 0. The van der Waals surface area contributed by atoms with Crippen molar-refractivity contribution in [1.29, 1.82) is 0 Å². The van der Waals surface area contributed by atoms with Gasteiger partial charge < -0.3 is 10.1 Å². The molecule has 0 aliphatic heterocycles. The average molecular weight is 344 g/mol. The Hall–Kier alpha value is -2.02. The molecule has 0 aliphatic carbocycles. The smallest absolute Gasteiger partial charge is 0.267 e. The summed E-state index contributed by atoms with van der Waals surface area (Å²) < 4.78 is 5.12. The van der Waals surface area contributed by atoms with Crippen LogP contribution in [-0.4, -0.2) is 18.0 Å². The van der Waals surface area contributed by atoms with E-state index in [1.807, 2.05) is 48.0 Å². The van der Waals surface area contributed by atoms with Crippen molar-refractivity contribution in [2.24, 2.45) is 0 Å². The summed E-state index contributed by atoms with van der Waals surface area (Å²) in [7, 11) is 1.65. The molecule has 1 amide bonds. The second-order valence-electron chi connectivity index (χ2n) is 5.03.